The van der Waals surface area contributed by atoms with Gasteiger partial charge in [0.1, 0.15) is 29.3 Å². The molecule has 274 valence electrons. The first kappa shape index (κ1) is 38.4. The van der Waals surface area contributed by atoms with Crippen molar-refractivity contribution in [1.29, 1.82) is 0 Å². The van der Waals surface area contributed by atoms with E-state index in [2.05, 4.69) is 20.9 Å². The van der Waals surface area contributed by atoms with Crippen LogP contribution in [0, 0.1) is 0 Å². The number of imidazole rings is 1. The van der Waals surface area contributed by atoms with Gasteiger partial charge in [0.15, 0.2) is 0 Å². The van der Waals surface area contributed by atoms with E-state index < -0.39 is 59.0 Å². The molecule has 2 heterocycles. The van der Waals surface area contributed by atoms with Crippen molar-refractivity contribution in [2.24, 2.45) is 7.05 Å². The van der Waals surface area contributed by atoms with E-state index in [0.29, 0.717) is 38.6 Å². The Bertz CT molecular complexity index is 1460. The van der Waals surface area contributed by atoms with Gasteiger partial charge in [-0.25, -0.2) is 14.6 Å². The van der Waals surface area contributed by atoms with Crippen molar-refractivity contribution in [2.75, 3.05) is 13.7 Å². The van der Waals surface area contributed by atoms with Crippen molar-refractivity contribution in [3.05, 3.63) is 54.1 Å². The molecule has 4 amide bonds. The predicted octanol–water partition coefficient (Wildman–Crippen LogP) is 3.74. The monoisotopic (exact) mass is 694 g/mol. The molecule has 0 unspecified atom stereocenters. The number of nitrogens with one attached hydrogen (secondary N) is 3. The summed E-state index contributed by atoms with van der Waals surface area (Å²) >= 11 is 0. The van der Waals surface area contributed by atoms with Crippen LogP contribution in [0.15, 0.2) is 42.9 Å². The minimum Gasteiger partial charge on any atom is -0.467 e. The van der Waals surface area contributed by atoms with Gasteiger partial charge in [-0.15, -0.1) is 0 Å². The van der Waals surface area contributed by atoms with E-state index in [9.17, 15) is 24.0 Å². The normalized spacial score (nSPS) is 19.1. The lowest BCUT2D eigenvalue weighted by molar-refractivity contribution is -0.148. The Kier molecular flexibility index (Phi) is 13.4. The fourth-order valence-corrected chi connectivity index (χ4v) is 6.83. The molecular formula is C37H54N6O7. The topological polar surface area (TPSA) is 161 Å². The van der Waals surface area contributed by atoms with E-state index in [-0.39, 0.29) is 12.8 Å². The summed E-state index contributed by atoms with van der Waals surface area (Å²) in [4.78, 5) is 74.5. The highest BCUT2D eigenvalue weighted by Crippen LogP contribution is 2.29. The Hall–Kier alpha value is -4.42. The minimum absolute atomic E-state index is 0.141. The fourth-order valence-electron chi connectivity index (χ4n) is 6.83. The largest absolute Gasteiger partial charge is 0.467 e. The highest BCUT2D eigenvalue weighted by molar-refractivity contribution is 5.97. The number of methoxy groups -OCH3 is 1. The lowest BCUT2D eigenvalue weighted by atomic mass is 9.82. The fraction of sp³-hybridized carbons (Fsp3) is 0.622. The quantitative estimate of drug-likeness (QED) is 0.300. The van der Waals surface area contributed by atoms with Crippen LogP contribution in [-0.2, 0) is 48.5 Å². The Morgan fingerprint density at radius 1 is 0.920 bits per heavy atom. The number of rotatable bonds is 11. The molecule has 1 aromatic carbocycles. The number of hydrogen-bond acceptors (Lipinski definition) is 8. The third-order valence-corrected chi connectivity index (χ3v) is 9.49. The van der Waals surface area contributed by atoms with E-state index >= 15 is 0 Å². The molecule has 3 atom stereocenters. The summed E-state index contributed by atoms with van der Waals surface area (Å²) in [7, 11) is 3.09. The summed E-state index contributed by atoms with van der Waals surface area (Å²) in [5.41, 5.74) is -0.484. The van der Waals surface area contributed by atoms with E-state index in [0.717, 1.165) is 43.4 Å². The lowest BCUT2D eigenvalue weighted by Gasteiger charge is -2.41. The Labute approximate surface area is 295 Å². The van der Waals surface area contributed by atoms with Gasteiger partial charge in [-0.2, -0.15) is 0 Å². The average molecular weight is 695 g/mol. The summed E-state index contributed by atoms with van der Waals surface area (Å²) in [5.74, 6) is -1.85. The smallest absolute Gasteiger partial charge is 0.408 e. The Morgan fingerprint density at radius 2 is 1.60 bits per heavy atom. The molecule has 2 aromatic rings. The number of carbonyl (C=O) groups excluding carboxylic acids is 5. The van der Waals surface area contributed by atoms with Crippen LogP contribution in [0.5, 0.6) is 0 Å². The molecule has 3 N–H and O–H groups in total. The molecule has 4 rings (SSSR count). The molecule has 0 bridgehead atoms. The number of benzene rings is 1. The standard InChI is InChI=1S/C37H54N6O7/c1-36(2,3)50-35(48)40-28(23-27-24-38-25-42(27)4)32(45)43-21-15-12-18-30(43)31(44)41-37(19-13-7-6-8-14-20-37)34(47)39-29(33(46)49-5)22-26-16-10-9-11-17-26/h9-11,16-17,24-25,28-30H,6-8,12-15,18-23H2,1-5H3,(H,39,47)(H,40,48)(H,41,44)/t28-,29-,30+/m0/s1. The molecule has 0 radical (unpaired) electrons. The number of hydrogen-bond donors (Lipinski definition) is 3. The van der Waals surface area contributed by atoms with E-state index in [1.165, 1.54) is 12.0 Å². The van der Waals surface area contributed by atoms with Gasteiger partial charge < -0.3 is 34.9 Å². The molecule has 1 aromatic heterocycles. The molecule has 1 aliphatic carbocycles. The Balaban J connectivity index is 1.59. The van der Waals surface area contributed by atoms with Crippen LogP contribution >= 0.6 is 0 Å². The van der Waals surface area contributed by atoms with Crippen molar-refractivity contribution in [2.45, 2.75) is 127 Å². The van der Waals surface area contributed by atoms with Gasteiger partial charge in [0.25, 0.3) is 0 Å². The number of piperidine rings is 1. The zero-order valence-electron chi connectivity index (χ0n) is 30.2. The minimum atomic E-state index is -1.28. The first-order valence-electron chi connectivity index (χ1n) is 17.8. The predicted molar refractivity (Wildman–Crippen MR) is 187 cm³/mol. The number of ether oxygens (including phenoxy) is 2. The number of alkyl carbamates (subject to hydrolysis) is 1. The summed E-state index contributed by atoms with van der Waals surface area (Å²) in [6, 6.07) is 6.53. The first-order valence-corrected chi connectivity index (χ1v) is 17.8. The number of aryl methyl sites for hydroxylation is 1. The second-order valence-corrected chi connectivity index (χ2v) is 14.5. The third-order valence-electron chi connectivity index (χ3n) is 9.49. The number of aromatic nitrogens is 2. The molecular weight excluding hydrogens is 640 g/mol. The van der Waals surface area contributed by atoms with Crippen LogP contribution in [0.1, 0.15) is 96.2 Å². The highest BCUT2D eigenvalue weighted by atomic mass is 16.6. The Morgan fingerprint density at radius 3 is 2.22 bits per heavy atom. The van der Waals surface area contributed by atoms with Crippen molar-refractivity contribution in [3.63, 3.8) is 0 Å². The van der Waals surface area contributed by atoms with E-state index in [1.807, 2.05) is 30.3 Å². The first-order chi connectivity index (χ1) is 23.8. The zero-order chi connectivity index (χ0) is 36.3. The highest BCUT2D eigenvalue weighted by Gasteiger charge is 2.45. The summed E-state index contributed by atoms with van der Waals surface area (Å²) in [5, 5.41) is 8.79. The SMILES string of the molecule is COC(=O)[C@H](Cc1ccccc1)NC(=O)C1(NC(=O)[C@H]2CCCCN2C(=O)[C@H](Cc2cncn2C)NC(=O)OC(C)(C)C)CCCCCCC1. The van der Waals surface area contributed by atoms with Crippen molar-refractivity contribution < 1.29 is 33.4 Å². The van der Waals surface area contributed by atoms with Crippen LogP contribution < -0.4 is 16.0 Å². The summed E-state index contributed by atoms with van der Waals surface area (Å²) in [6.45, 7) is 5.54. The van der Waals surface area contributed by atoms with E-state index in [4.69, 9.17) is 9.47 Å². The molecule has 1 saturated heterocycles. The molecule has 2 aliphatic rings. The second-order valence-electron chi connectivity index (χ2n) is 14.5. The van der Waals surface area contributed by atoms with Gasteiger partial charge in [-0.3, -0.25) is 14.4 Å². The molecule has 1 aliphatic heterocycles. The summed E-state index contributed by atoms with van der Waals surface area (Å²) < 4.78 is 12.3. The average Bonchev–Trinajstić information content (AvgIpc) is 3.47. The van der Waals surface area contributed by atoms with Crippen LogP contribution in [-0.4, -0.2) is 87.2 Å². The van der Waals surface area contributed by atoms with Crippen LogP contribution in [0.25, 0.3) is 0 Å². The van der Waals surface area contributed by atoms with Crippen molar-refractivity contribution in [3.8, 4) is 0 Å². The number of esters is 1. The molecule has 0 spiro atoms. The van der Waals surface area contributed by atoms with Crippen LogP contribution in [0.3, 0.4) is 0 Å². The third kappa shape index (κ3) is 10.5. The maximum atomic E-state index is 14.4. The lowest BCUT2D eigenvalue weighted by Crippen LogP contribution is -2.65. The van der Waals surface area contributed by atoms with Gasteiger partial charge in [0.2, 0.25) is 17.7 Å². The molecule has 13 nitrogen and oxygen atoms in total. The molecule has 2 fully saturated rings. The maximum absolute atomic E-state index is 14.4. The van der Waals surface area contributed by atoms with Crippen LogP contribution in [0.2, 0.25) is 0 Å². The van der Waals surface area contributed by atoms with Crippen LogP contribution in [0.4, 0.5) is 4.79 Å². The molecule has 13 heteroatoms. The van der Waals surface area contributed by atoms with Crippen molar-refractivity contribution >= 4 is 29.8 Å². The summed E-state index contributed by atoms with van der Waals surface area (Å²) in [6.07, 6.45) is 9.78. The number of likely N-dealkylation sites (tertiary alicyclic amines) is 1. The second kappa shape index (κ2) is 17.5. The van der Waals surface area contributed by atoms with Gasteiger partial charge in [0, 0.05) is 38.3 Å². The van der Waals surface area contributed by atoms with Gasteiger partial charge >= 0.3 is 12.1 Å². The van der Waals surface area contributed by atoms with Crippen molar-refractivity contribution in [1.82, 2.24) is 30.4 Å². The van der Waals surface area contributed by atoms with E-state index in [1.54, 1.807) is 44.9 Å². The van der Waals surface area contributed by atoms with Gasteiger partial charge in [0.05, 0.1) is 13.4 Å². The molecule has 50 heavy (non-hydrogen) atoms. The van der Waals surface area contributed by atoms with Gasteiger partial charge in [-0.1, -0.05) is 62.4 Å². The number of nitrogens with zero attached hydrogens (tertiary/aromatic N) is 3. The zero-order valence-corrected chi connectivity index (χ0v) is 30.2. The van der Waals surface area contributed by atoms with Gasteiger partial charge in [-0.05, 0) is 58.4 Å². The number of carbonyl (C=O) groups is 5. The molecule has 1 saturated carbocycles. The maximum Gasteiger partial charge on any atom is 0.408 e. The number of amides is 4.